The van der Waals surface area contributed by atoms with Crippen LogP contribution in [0.5, 0.6) is 0 Å². The van der Waals surface area contributed by atoms with Gasteiger partial charge in [0.15, 0.2) is 38.5 Å². The summed E-state index contributed by atoms with van der Waals surface area (Å²) in [7, 11) is -11.0. The van der Waals surface area contributed by atoms with E-state index in [2.05, 4.69) is 42.8 Å². The third-order valence-corrected chi connectivity index (χ3v) is 9.91. The maximum Gasteiger partial charge on any atom is 0.506 e. The molecule has 1 aromatic heterocycles. The molecule has 0 fully saturated rings. The average Bonchev–Trinajstić information content (AvgIpc) is 2.73. The number of nitrogens with zero attached hydrogens (tertiary/aromatic N) is 2. The number of halogens is 6. The zero-order valence-corrected chi connectivity index (χ0v) is 21.5. The molecule has 0 spiro atoms. The van der Waals surface area contributed by atoms with Crippen LogP contribution in [0.25, 0.3) is 4.13 Å². The predicted octanol–water partition coefficient (Wildman–Crippen LogP) is 3.43. The molecule has 0 radical (unpaired) electrons. The van der Waals surface area contributed by atoms with E-state index in [9.17, 15) is 43.2 Å². The molecule has 9 nitrogen and oxygen atoms in total. The fourth-order valence-corrected chi connectivity index (χ4v) is 5.71. The van der Waals surface area contributed by atoms with E-state index in [0.717, 1.165) is 23.1 Å². The number of sulfonamides is 2. The van der Waals surface area contributed by atoms with Gasteiger partial charge >= 0.3 is 19.8 Å². The molecule has 0 aliphatic rings. The lowest BCUT2D eigenvalue weighted by molar-refractivity contribution is -0.702. The molecular weight excluding hydrogens is 538 g/mol. The van der Waals surface area contributed by atoms with Crippen LogP contribution in [0.1, 0.15) is 31.9 Å². The van der Waals surface area contributed by atoms with E-state index in [1.807, 2.05) is 0 Å². The lowest BCUT2D eigenvalue weighted by Gasteiger charge is -2.23. The zero-order chi connectivity index (χ0) is 27.0. The Hall–Kier alpha value is -1.31. The number of pyridine rings is 1. The van der Waals surface area contributed by atoms with E-state index in [-0.39, 0.29) is 0 Å². The summed E-state index contributed by atoms with van der Waals surface area (Å²) in [5.74, 6) is 0.546. The van der Waals surface area contributed by atoms with Crippen LogP contribution in [0.3, 0.4) is 0 Å². The number of hydrogen-bond donors (Lipinski definition) is 0. The van der Waals surface area contributed by atoms with Gasteiger partial charge in [-0.3, -0.25) is 0 Å². The first-order valence-corrected chi connectivity index (χ1v) is 14.1. The molecule has 1 rings (SSSR count). The van der Waals surface area contributed by atoms with Gasteiger partial charge in [0.05, 0.1) is 6.04 Å². The first-order chi connectivity index (χ1) is 15.3. The van der Waals surface area contributed by atoms with Crippen molar-refractivity contribution in [2.45, 2.75) is 49.8 Å². The van der Waals surface area contributed by atoms with Crippen LogP contribution in [0.15, 0.2) is 24.4 Å². The number of alkyl halides is 6. The normalized spacial score (nSPS) is 14.3. The highest BCUT2D eigenvalue weighted by Crippen LogP contribution is 2.36. The third-order valence-electron chi connectivity index (χ3n) is 4.47. The summed E-state index contributed by atoms with van der Waals surface area (Å²) >= 11 is 0. The zero-order valence-electron chi connectivity index (χ0n) is 18.8. The maximum absolute atomic E-state index is 11.4. The molecule has 200 valence electrons. The Morgan fingerprint density at radius 3 is 1.74 bits per heavy atom. The Kier molecular flexibility index (Phi) is 12.1. The van der Waals surface area contributed by atoms with Crippen molar-refractivity contribution >= 4 is 28.9 Å². The van der Waals surface area contributed by atoms with Gasteiger partial charge in [-0.25, -0.2) is 21.4 Å². The average molecular weight is 565 g/mol. The fraction of sp³-hybridized carbons (Fsp3) is 0.688. The van der Waals surface area contributed by atoms with Crippen molar-refractivity contribution in [2.24, 2.45) is 0 Å². The SMILES string of the molecule is CCC(C)c1cccc[n+]1CC[Si](OC)(OC)OC.O=S(=O)([N-]S(=O)(=O)C(F)(F)F)C(F)(F)F. The topological polar surface area (TPSA) is 114 Å². The number of hydrogen-bond acceptors (Lipinski definition) is 7. The van der Waals surface area contributed by atoms with Gasteiger partial charge in [0.2, 0.25) is 0 Å². The molecule has 0 bridgehead atoms. The number of rotatable bonds is 10. The minimum atomic E-state index is -6.72. The number of aryl methyl sites for hydroxylation is 1. The highest BCUT2D eigenvalue weighted by atomic mass is 32.3. The van der Waals surface area contributed by atoms with E-state index in [4.69, 9.17) is 13.3 Å². The van der Waals surface area contributed by atoms with Crippen molar-refractivity contribution < 1.29 is 61.0 Å². The molecule has 0 saturated carbocycles. The molecule has 34 heavy (non-hydrogen) atoms. The van der Waals surface area contributed by atoms with Crippen molar-refractivity contribution in [2.75, 3.05) is 21.3 Å². The van der Waals surface area contributed by atoms with Crippen molar-refractivity contribution in [3.63, 3.8) is 0 Å². The Morgan fingerprint density at radius 2 is 1.38 bits per heavy atom. The van der Waals surface area contributed by atoms with E-state index in [0.29, 0.717) is 5.92 Å². The summed E-state index contributed by atoms with van der Waals surface area (Å²) in [6, 6.07) is 7.10. The Balaban J connectivity index is 0.000000661. The van der Waals surface area contributed by atoms with E-state index >= 15 is 0 Å². The van der Waals surface area contributed by atoms with Crippen LogP contribution in [0.4, 0.5) is 26.3 Å². The first kappa shape index (κ1) is 32.7. The summed E-state index contributed by atoms with van der Waals surface area (Å²) in [6.07, 6.45) is 3.24. The molecular formula is C16H26F6N2O7S2Si. The summed E-state index contributed by atoms with van der Waals surface area (Å²) < 4.78 is 128. The largest absolute Gasteiger partial charge is 0.506 e. The number of aromatic nitrogens is 1. The minimum Gasteiger partial charge on any atom is -0.421 e. The molecule has 0 N–H and O–H groups in total. The van der Waals surface area contributed by atoms with Gasteiger partial charge in [0.25, 0.3) is 0 Å². The summed E-state index contributed by atoms with van der Waals surface area (Å²) in [6.45, 7) is 5.31. The van der Waals surface area contributed by atoms with E-state index < -0.39 is 39.9 Å². The van der Waals surface area contributed by atoms with Crippen LogP contribution in [-0.4, -0.2) is 58.0 Å². The second kappa shape index (κ2) is 12.6. The lowest BCUT2D eigenvalue weighted by atomic mass is 10.0. The van der Waals surface area contributed by atoms with Gasteiger partial charge < -0.3 is 17.4 Å². The quantitative estimate of drug-likeness (QED) is 0.243. The molecule has 1 aromatic rings. The van der Waals surface area contributed by atoms with Crippen LogP contribution in [0, 0.1) is 0 Å². The molecule has 0 amide bonds. The Bertz CT molecular complexity index is 934. The van der Waals surface area contributed by atoms with Crippen molar-refractivity contribution in [3.8, 4) is 0 Å². The summed E-state index contributed by atoms with van der Waals surface area (Å²) in [5, 5.41) is 0. The monoisotopic (exact) mass is 564 g/mol. The van der Waals surface area contributed by atoms with Crippen LogP contribution in [0.2, 0.25) is 6.04 Å². The van der Waals surface area contributed by atoms with E-state index in [1.54, 1.807) is 21.3 Å². The molecule has 0 saturated heterocycles. The summed E-state index contributed by atoms with van der Waals surface area (Å²) in [5.41, 5.74) is -11.1. The van der Waals surface area contributed by atoms with Crippen LogP contribution in [-0.2, 0) is 39.9 Å². The summed E-state index contributed by atoms with van der Waals surface area (Å²) in [4.78, 5) is 0. The van der Waals surface area contributed by atoms with Gasteiger partial charge in [-0.05, 0) is 6.42 Å². The second-order valence-electron chi connectivity index (χ2n) is 6.59. The van der Waals surface area contributed by atoms with Gasteiger partial charge in [0.1, 0.15) is 0 Å². The highest BCUT2D eigenvalue weighted by molar-refractivity contribution is 8.13. The standard InChI is InChI=1S/C14H26NO3Si.C2F6NO4S2/c1-6-13(2)14-9-7-8-10-15(14)11-12-19(16-3,17-4)18-5;3-1(4,5)14(10,11)9-15(12,13)2(6,7)8/h7-10,13H,6,11-12H2,1-5H3;/q+1;-1. The van der Waals surface area contributed by atoms with Gasteiger partial charge in [-0.1, -0.05) is 19.9 Å². The molecule has 0 aliphatic heterocycles. The van der Waals surface area contributed by atoms with Crippen molar-refractivity contribution in [1.29, 1.82) is 0 Å². The maximum atomic E-state index is 11.4. The first-order valence-electron chi connectivity index (χ1n) is 9.33. The van der Waals surface area contributed by atoms with Crippen LogP contribution >= 0.6 is 0 Å². The van der Waals surface area contributed by atoms with Crippen LogP contribution < -0.4 is 4.57 Å². The molecule has 1 unspecified atom stereocenters. The second-order valence-corrected chi connectivity index (χ2v) is 13.1. The fourth-order valence-electron chi connectivity index (χ4n) is 2.38. The molecule has 1 atom stereocenters. The van der Waals surface area contributed by atoms with Crippen molar-refractivity contribution in [3.05, 3.63) is 34.2 Å². The van der Waals surface area contributed by atoms with Gasteiger partial charge in [-0.2, -0.15) is 26.3 Å². The lowest BCUT2D eigenvalue weighted by Crippen LogP contribution is -2.48. The molecule has 0 aliphatic carbocycles. The minimum absolute atomic E-state index is 0.546. The Labute approximate surface area is 195 Å². The third kappa shape index (κ3) is 9.04. The van der Waals surface area contributed by atoms with Gasteiger partial charge in [-0.15, -0.1) is 0 Å². The van der Waals surface area contributed by atoms with Crippen molar-refractivity contribution in [1.82, 2.24) is 0 Å². The highest BCUT2D eigenvalue weighted by Gasteiger charge is 2.47. The molecule has 1 heterocycles. The predicted molar refractivity (Wildman–Crippen MR) is 110 cm³/mol. The van der Waals surface area contributed by atoms with E-state index in [1.165, 1.54) is 5.69 Å². The molecule has 0 aromatic carbocycles. The Morgan fingerprint density at radius 1 is 0.941 bits per heavy atom. The molecule has 18 heteroatoms. The smallest absolute Gasteiger partial charge is 0.421 e. The van der Waals surface area contributed by atoms with Gasteiger partial charge in [0, 0.05) is 39.4 Å².